The number of thiophene rings is 1. The molecule has 1 saturated heterocycles. The molecule has 1 aromatic heterocycles. The number of carboxylic acids is 1. The number of methoxy groups -OCH3 is 1. The van der Waals surface area contributed by atoms with Crippen molar-refractivity contribution in [2.75, 3.05) is 20.2 Å². The lowest BCUT2D eigenvalue weighted by atomic mass is 9.99. The van der Waals surface area contributed by atoms with Crippen LogP contribution in [0.25, 0.3) is 0 Å². The van der Waals surface area contributed by atoms with Crippen LogP contribution in [0.4, 0.5) is 0 Å². The molecule has 21 heavy (non-hydrogen) atoms. The Bertz CT molecular complexity index is 642. The molecule has 0 spiro atoms. The van der Waals surface area contributed by atoms with Gasteiger partial charge in [-0.15, -0.1) is 11.3 Å². The van der Waals surface area contributed by atoms with Gasteiger partial charge in [-0.05, 0) is 25.0 Å². The van der Waals surface area contributed by atoms with Crippen LogP contribution in [0.5, 0.6) is 0 Å². The average Bonchev–Trinajstić information content (AvgIpc) is 2.97. The van der Waals surface area contributed by atoms with Crippen LogP contribution in [-0.2, 0) is 19.6 Å². The molecule has 0 atom stereocenters. The molecule has 1 N–H and O–H groups in total. The van der Waals surface area contributed by atoms with Gasteiger partial charge in [0.25, 0.3) is 10.0 Å². The monoisotopic (exact) mass is 333 g/mol. The smallest absolute Gasteiger partial charge is 0.345 e. The van der Waals surface area contributed by atoms with E-state index >= 15 is 0 Å². The van der Waals surface area contributed by atoms with Crippen molar-refractivity contribution in [2.24, 2.45) is 5.92 Å². The van der Waals surface area contributed by atoms with Crippen molar-refractivity contribution >= 4 is 33.3 Å². The molecule has 0 aliphatic carbocycles. The lowest BCUT2D eigenvalue weighted by Gasteiger charge is -2.29. The number of sulfonamides is 1. The number of piperidine rings is 1. The first kappa shape index (κ1) is 15.9. The molecule has 0 bridgehead atoms. The zero-order valence-electron chi connectivity index (χ0n) is 11.3. The van der Waals surface area contributed by atoms with E-state index in [0.29, 0.717) is 12.8 Å². The van der Waals surface area contributed by atoms with E-state index in [1.807, 2.05) is 0 Å². The third-order valence-electron chi connectivity index (χ3n) is 3.37. The van der Waals surface area contributed by atoms with Gasteiger partial charge in [0, 0.05) is 13.1 Å². The maximum Gasteiger partial charge on any atom is 0.345 e. The maximum absolute atomic E-state index is 12.4. The SMILES string of the molecule is COC(=O)C1CCN(S(=O)(=O)c2ccc(C(=O)O)s2)CC1. The Labute approximate surface area is 126 Å². The third-order valence-corrected chi connectivity index (χ3v) is 6.81. The number of carboxylic acid groups (broad SMARTS) is 1. The van der Waals surface area contributed by atoms with Crippen LogP contribution in [0.2, 0.25) is 0 Å². The molecular formula is C12H15NO6S2. The van der Waals surface area contributed by atoms with Crippen LogP contribution in [0.15, 0.2) is 16.3 Å². The Morgan fingerprint density at radius 1 is 1.33 bits per heavy atom. The van der Waals surface area contributed by atoms with Gasteiger partial charge in [-0.1, -0.05) is 0 Å². The summed E-state index contributed by atoms with van der Waals surface area (Å²) in [5, 5.41) is 8.85. The highest BCUT2D eigenvalue weighted by Gasteiger charge is 2.33. The number of hydrogen-bond donors (Lipinski definition) is 1. The number of carbonyl (C=O) groups excluding carboxylic acids is 1. The standard InChI is InChI=1S/C12H15NO6S2/c1-19-12(16)8-4-6-13(7-5-8)21(17,18)10-3-2-9(20-10)11(14)15/h2-3,8H,4-7H2,1H3,(H,14,15). The number of aromatic carboxylic acids is 1. The summed E-state index contributed by atoms with van der Waals surface area (Å²) in [4.78, 5) is 22.2. The van der Waals surface area contributed by atoms with Crippen LogP contribution in [-0.4, -0.2) is 50.0 Å². The fraction of sp³-hybridized carbons (Fsp3) is 0.500. The van der Waals surface area contributed by atoms with Crippen molar-refractivity contribution in [3.63, 3.8) is 0 Å². The fourth-order valence-electron chi connectivity index (χ4n) is 2.20. The second-order valence-corrected chi connectivity index (χ2v) is 7.87. The van der Waals surface area contributed by atoms with Crippen LogP contribution >= 0.6 is 11.3 Å². The highest BCUT2D eigenvalue weighted by atomic mass is 32.2. The lowest BCUT2D eigenvalue weighted by molar-refractivity contribution is -0.146. The highest BCUT2D eigenvalue weighted by Crippen LogP contribution is 2.28. The Balaban J connectivity index is 2.11. The average molecular weight is 333 g/mol. The molecule has 1 aliphatic heterocycles. The van der Waals surface area contributed by atoms with Crippen molar-refractivity contribution in [3.8, 4) is 0 Å². The van der Waals surface area contributed by atoms with Crippen LogP contribution in [0.3, 0.4) is 0 Å². The maximum atomic E-state index is 12.4. The molecule has 0 amide bonds. The van der Waals surface area contributed by atoms with E-state index in [9.17, 15) is 18.0 Å². The van der Waals surface area contributed by atoms with Gasteiger partial charge in [-0.3, -0.25) is 4.79 Å². The molecule has 0 radical (unpaired) electrons. The van der Waals surface area contributed by atoms with Crippen molar-refractivity contribution < 1.29 is 27.9 Å². The van der Waals surface area contributed by atoms with E-state index < -0.39 is 16.0 Å². The summed E-state index contributed by atoms with van der Waals surface area (Å²) < 4.78 is 30.7. The number of hydrogen-bond acceptors (Lipinski definition) is 6. The van der Waals surface area contributed by atoms with Crippen molar-refractivity contribution in [2.45, 2.75) is 17.1 Å². The molecule has 0 unspecified atom stereocenters. The summed E-state index contributed by atoms with van der Waals surface area (Å²) in [5.41, 5.74) is 0. The topological polar surface area (TPSA) is 101 Å². The molecular weight excluding hydrogens is 318 g/mol. The minimum atomic E-state index is -3.69. The number of ether oxygens (including phenoxy) is 1. The third kappa shape index (κ3) is 3.25. The fourth-order valence-corrected chi connectivity index (χ4v) is 4.97. The van der Waals surface area contributed by atoms with E-state index in [0.717, 1.165) is 11.3 Å². The predicted octanol–water partition coefficient (Wildman–Crippen LogP) is 1.02. The second kappa shape index (κ2) is 6.12. The largest absolute Gasteiger partial charge is 0.477 e. The van der Waals surface area contributed by atoms with Gasteiger partial charge < -0.3 is 9.84 Å². The van der Waals surface area contributed by atoms with Gasteiger partial charge in [0.05, 0.1) is 13.0 Å². The minimum absolute atomic E-state index is 0.0106. The van der Waals surface area contributed by atoms with E-state index in [1.54, 1.807) is 0 Å². The van der Waals surface area contributed by atoms with E-state index in [-0.39, 0.29) is 34.1 Å². The van der Waals surface area contributed by atoms with Crippen LogP contribution in [0.1, 0.15) is 22.5 Å². The molecule has 1 fully saturated rings. The van der Waals surface area contributed by atoms with Crippen molar-refractivity contribution in [1.29, 1.82) is 0 Å². The molecule has 2 heterocycles. The summed E-state index contributed by atoms with van der Waals surface area (Å²) in [6, 6.07) is 2.58. The lowest BCUT2D eigenvalue weighted by Crippen LogP contribution is -2.40. The van der Waals surface area contributed by atoms with Crippen molar-refractivity contribution in [1.82, 2.24) is 4.31 Å². The molecule has 7 nitrogen and oxygen atoms in total. The zero-order chi connectivity index (χ0) is 15.6. The van der Waals surface area contributed by atoms with E-state index in [4.69, 9.17) is 5.11 Å². The van der Waals surface area contributed by atoms with Gasteiger partial charge in [-0.25, -0.2) is 13.2 Å². The molecule has 1 aromatic rings. The van der Waals surface area contributed by atoms with Gasteiger partial charge >= 0.3 is 11.9 Å². The predicted molar refractivity (Wildman–Crippen MR) is 74.8 cm³/mol. The first-order valence-corrected chi connectivity index (χ1v) is 8.53. The first-order valence-electron chi connectivity index (χ1n) is 6.27. The summed E-state index contributed by atoms with van der Waals surface area (Å²) in [6.45, 7) is 0.449. The number of rotatable bonds is 4. The first-order chi connectivity index (χ1) is 9.86. The molecule has 2 rings (SSSR count). The Hall–Kier alpha value is -1.45. The Morgan fingerprint density at radius 2 is 1.95 bits per heavy atom. The molecule has 0 aromatic carbocycles. The molecule has 0 saturated carbocycles. The van der Waals surface area contributed by atoms with Crippen molar-refractivity contribution in [3.05, 3.63) is 17.0 Å². The second-order valence-electron chi connectivity index (χ2n) is 4.63. The zero-order valence-corrected chi connectivity index (χ0v) is 12.9. The number of esters is 1. The Morgan fingerprint density at radius 3 is 2.43 bits per heavy atom. The van der Waals surface area contributed by atoms with Crippen LogP contribution in [0, 0.1) is 5.92 Å². The van der Waals surface area contributed by atoms with Gasteiger partial charge in [0.1, 0.15) is 9.09 Å². The Kier molecular flexibility index (Phi) is 4.64. The normalized spacial score (nSPS) is 17.6. The summed E-state index contributed by atoms with van der Waals surface area (Å²) >= 11 is 0.732. The highest BCUT2D eigenvalue weighted by molar-refractivity contribution is 7.91. The minimum Gasteiger partial charge on any atom is -0.477 e. The van der Waals surface area contributed by atoms with E-state index in [1.165, 1.54) is 23.5 Å². The summed E-state index contributed by atoms with van der Waals surface area (Å²) in [7, 11) is -2.38. The van der Waals surface area contributed by atoms with Gasteiger partial charge in [-0.2, -0.15) is 4.31 Å². The molecule has 1 aliphatic rings. The summed E-state index contributed by atoms with van der Waals surface area (Å²) in [5.74, 6) is -1.75. The summed E-state index contributed by atoms with van der Waals surface area (Å²) in [6.07, 6.45) is 0.812. The molecule has 9 heteroatoms. The van der Waals surface area contributed by atoms with E-state index in [2.05, 4.69) is 4.74 Å². The van der Waals surface area contributed by atoms with Gasteiger partial charge in [0.2, 0.25) is 0 Å². The number of carbonyl (C=O) groups is 2. The number of nitrogens with zero attached hydrogens (tertiary/aromatic N) is 1. The molecule has 116 valence electrons. The van der Waals surface area contributed by atoms with Gasteiger partial charge in [0.15, 0.2) is 0 Å². The van der Waals surface area contributed by atoms with Crippen LogP contribution < -0.4 is 0 Å². The quantitative estimate of drug-likeness (QED) is 0.826.